The Labute approximate surface area is 128 Å². The molecule has 0 radical (unpaired) electrons. The molecule has 2 aliphatic heterocycles. The molecule has 2 aliphatic rings. The second-order valence-corrected chi connectivity index (χ2v) is 6.51. The molecule has 4 rings (SSSR count). The van der Waals surface area contributed by atoms with E-state index in [1.54, 1.807) is 0 Å². The van der Waals surface area contributed by atoms with Crippen molar-refractivity contribution in [3.63, 3.8) is 0 Å². The Morgan fingerprint density at radius 1 is 1.14 bits per heavy atom. The summed E-state index contributed by atoms with van der Waals surface area (Å²) in [6.07, 6.45) is 3.88. The third kappa shape index (κ3) is 2.51. The molecule has 2 aromatic rings. The lowest BCUT2D eigenvalue weighted by Crippen LogP contribution is -2.34. The topological polar surface area (TPSA) is 46.5 Å². The van der Waals surface area contributed by atoms with Crippen LogP contribution in [0.4, 0.5) is 5.69 Å². The Morgan fingerprint density at radius 3 is 2.95 bits per heavy atom. The van der Waals surface area contributed by atoms with Gasteiger partial charge in [-0.2, -0.15) is 0 Å². The van der Waals surface area contributed by atoms with Gasteiger partial charge in [-0.1, -0.05) is 17.8 Å². The van der Waals surface area contributed by atoms with E-state index in [2.05, 4.69) is 22.4 Å². The molecule has 1 aromatic heterocycles. The van der Waals surface area contributed by atoms with Crippen molar-refractivity contribution in [2.24, 2.45) is 4.99 Å². The van der Waals surface area contributed by atoms with Gasteiger partial charge in [0.15, 0.2) is 5.17 Å². The molecule has 0 atom stereocenters. The molecule has 1 N–H and O–H groups in total. The number of nitrogens with zero attached hydrogens (tertiary/aromatic N) is 2. The van der Waals surface area contributed by atoms with Crippen LogP contribution in [0.3, 0.4) is 0 Å². The number of rotatable bonds is 1. The van der Waals surface area contributed by atoms with Gasteiger partial charge in [-0.15, -0.1) is 0 Å². The second-order valence-electron chi connectivity index (χ2n) is 5.54. The van der Waals surface area contributed by atoms with E-state index in [4.69, 9.17) is 9.73 Å². The number of hydrogen-bond acceptors (Lipinski definition) is 5. The monoisotopic (exact) mass is 299 g/mol. The summed E-state index contributed by atoms with van der Waals surface area (Å²) >= 11 is 1.81. The average Bonchev–Trinajstić information content (AvgIpc) is 2.91. The van der Waals surface area contributed by atoms with Crippen LogP contribution in [0.1, 0.15) is 12.8 Å². The van der Waals surface area contributed by atoms with Crippen LogP contribution in [0.25, 0.3) is 10.9 Å². The molecule has 1 aromatic carbocycles. The highest BCUT2D eigenvalue weighted by Gasteiger charge is 2.37. The van der Waals surface area contributed by atoms with E-state index >= 15 is 0 Å². The zero-order chi connectivity index (χ0) is 14.1. The molecule has 0 aliphatic carbocycles. The number of amidine groups is 1. The first-order valence-corrected chi connectivity index (χ1v) is 8.24. The van der Waals surface area contributed by atoms with Crippen molar-refractivity contribution in [2.75, 3.05) is 24.3 Å². The highest BCUT2D eigenvalue weighted by molar-refractivity contribution is 8.14. The SMILES string of the molecule is c1cc(NC2=NC3(CCOCC3)CS2)c2cccnc2c1. The zero-order valence-corrected chi connectivity index (χ0v) is 12.5. The minimum Gasteiger partial charge on any atom is -0.381 e. The summed E-state index contributed by atoms with van der Waals surface area (Å²) in [5.74, 6) is 1.06. The molecule has 0 saturated carbocycles. The van der Waals surface area contributed by atoms with Crippen molar-refractivity contribution in [1.82, 2.24) is 4.98 Å². The highest BCUT2D eigenvalue weighted by Crippen LogP contribution is 2.36. The van der Waals surface area contributed by atoms with Crippen molar-refractivity contribution in [3.8, 4) is 0 Å². The summed E-state index contributed by atoms with van der Waals surface area (Å²) in [4.78, 5) is 9.35. The van der Waals surface area contributed by atoms with Gasteiger partial charge in [0, 0.05) is 36.2 Å². The summed E-state index contributed by atoms with van der Waals surface area (Å²) in [6, 6.07) is 10.2. The third-order valence-electron chi connectivity index (χ3n) is 4.13. The van der Waals surface area contributed by atoms with E-state index in [0.717, 1.165) is 53.6 Å². The molecule has 1 fully saturated rings. The Kier molecular flexibility index (Phi) is 3.31. The molecule has 0 unspecified atom stereocenters. The number of nitrogens with one attached hydrogen (secondary N) is 1. The van der Waals surface area contributed by atoms with Crippen molar-refractivity contribution in [3.05, 3.63) is 36.5 Å². The summed E-state index contributed by atoms with van der Waals surface area (Å²) in [5.41, 5.74) is 2.18. The predicted molar refractivity (Wildman–Crippen MR) is 88.0 cm³/mol. The van der Waals surface area contributed by atoms with E-state index in [0.29, 0.717) is 0 Å². The number of pyridine rings is 1. The summed E-state index contributed by atoms with van der Waals surface area (Å²) in [6.45, 7) is 1.66. The van der Waals surface area contributed by atoms with Gasteiger partial charge in [-0.25, -0.2) is 0 Å². The van der Waals surface area contributed by atoms with E-state index in [9.17, 15) is 0 Å². The molecule has 0 bridgehead atoms. The Hall–Kier alpha value is -1.59. The standard InChI is InChI=1S/C16H17N3OS/c1-4-13-12(3-2-8-17-13)14(5-1)18-15-19-16(11-21-15)6-9-20-10-7-16/h1-5,8H,6-7,9-11H2,(H,18,19). The van der Waals surface area contributed by atoms with Crippen LogP contribution in [-0.4, -0.2) is 34.7 Å². The Morgan fingerprint density at radius 2 is 2.05 bits per heavy atom. The van der Waals surface area contributed by atoms with Crippen LogP contribution in [0, 0.1) is 0 Å². The molecule has 21 heavy (non-hydrogen) atoms. The van der Waals surface area contributed by atoms with Crippen LogP contribution in [-0.2, 0) is 4.74 Å². The van der Waals surface area contributed by atoms with Crippen molar-refractivity contribution >= 4 is 33.5 Å². The number of benzene rings is 1. The fraction of sp³-hybridized carbons (Fsp3) is 0.375. The van der Waals surface area contributed by atoms with E-state index in [1.165, 1.54) is 0 Å². The van der Waals surface area contributed by atoms with Gasteiger partial charge in [0.25, 0.3) is 0 Å². The van der Waals surface area contributed by atoms with Crippen LogP contribution < -0.4 is 5.32 Å². The number of aliphatic imine (C=N–C) groups is 1. The van der Waals surface area contributed by atoms with Gasteiger partial charge in [-0.05, 0) is 37.1 Å². The summed E-state index contributed by atoms with van der Waals surface area (Å²) in [7, 11) is 0. The maximum Gasteiger partial charge on any atom is 0.161 e. The smallest absolute Gasteiger partial charge is 0.161 e. The van der Waals surface area contributed by atoms with Gasteiger partial charge in [0.05, 0.1) is 11.1 Å². The predicted octanol–water partition coefficient (Wildman–Crippen LogP) is 3.30. The first-order chi connectivity index (χ1) is 10.3. The average molecular weight is 299 g/mol. The second kappa shape index (κ2) is 5.31. The summed E-state index contributed by atoms with van der Waals surface area (Å²) < 4.78 is 5.46. The van der Waals surface area contributed by atoms with E-state index in [-0.39, 0.29) is 5.54 Å². The number of ether oxygens (including phenoxy) is 1. The fourth-order valence-corrected chi connectivity index (χ4v) is 4.08. The largest absolute Gasteiger partial charge is 0.381 e. The number of hydrogen-bond donors (Lipinski definition) is 1. The Bertz CT molecular complexity index is 689. The fourth-order valence-electron chi connectivity index (χ4n) is 2.88. The molecule has 108 valence electrons. The molecule has 5 heteroatoms. The van der Waals surface area contributed by atoms with Crippen molar-refractivity contribution < 1.29 is 4.74 Å². The van der Waals surface area contributed by atoms with Crippen LogP contribution in [0.5, 0.6) is 0 Å². The lowest BCUT2D eigenvalue weighted by Gasteiger charge is -2.29. The third-order valence-corrected chi connectivity index (χ3v) is 5.28. The zero-order valence-electron chi connectivity index (χ0n) is 11.7. The van der Waals surface area contributed by atoms with E-state index < -0.39 is 0 Å². The highest BCUT2D eigenvalue weighted by atomic mass is 32.2. The number of fused-ring (bicyclic) bond motifs is 1. The number of anilines is 1. The molecule has 1 saturated heterocycles. The van der Waals surface area contributed by atoms with E-state index in [1.807, 2.05) is 36.2 Å². The molecular weight excluding hydrogens is 282 g/mol. The lowest BCUT2D eigenvalue weighted by molar-refractivity contribution is 0.0624. The molecule has 3 heterocycles. The van der Waals surface area contributed by atoms with Crippen LogP contribution in [0.15, 0.2) is 41.5 Å². The molecule has 1 spiro atoms. The molecule has 0 amide bonds. The number of thioether (sulfide) groups is 1. The first kappa shape index (κ1) is 13.1. The maximum absolute atomic E-state index is 5.46. The van der Waals surface area contributed by atoms with Gasteiger partial charge < -0.3 is 10.1 Å². The minimum absolute atomic E-state index is 0.0914. The maximum atomic E-state index is 5.46. The Balaban J connectivity index is 1.62. The van der Waals surface area contributed by atoms with Gasteiger partial charge in [0.2, 0.25) is 0 Å². The van der Waals surface area contributed by atoms with Gasteiger partial charge in [0.1, 0.15) is 0 Å². The molecular formula is C16H17N3OS. The van der Waals surface area contributed by atoms with Crippen molar-refractivity contribution in [1.29, 1.82) is 0 Å². The quantitative estimate of drug-likeness (QED) is 0.877. The van der Waals surface area contributed by atoms with Gasteiger partial charge in [-0.3, -0.25) is 9.98 Å². The normalized spacial score (nSPS) is 20.7. The molecule has 4 nitrogen and oxygen atoms in total. The van der Waals surface area contributed by atoms with Gasteiger partial charge >= 0.3 is 0 Å². The van der Waals surface area contributed by atoms with Crippen molar-refractivity contribution in [2.45, 2.75) is 18.4 Å². The summed E-state index contributed by atoms with van der Waals surface area (Å²) in [5, 5.41) is 5.64. The van der Waals surface area contributed by atoms with Crippen LogP contribution in [0.2, 0.25) is 0 Å². The minimum atomic E-state index is 0.0914. The lowest BCUT2D eigenvalue weighted by atomic mass is 9.93. The van der Waals surface area contributed by atoms with Crippen LogP contribution >= 0.6 is 11.8 Å². The number of aromatic nitrogens is 1. The first-order valence-electron chi connectivity index (χ1n) is 7.26.